The van der Waals surface area contributed by atoms with Crippen molar-refractivity contribution in [1.29, 1.82) is 0 Å². The molecular weight excluding hydrogens is 775 g/mol. The van der Waals surface area contributed by atoms with E-state index in [0.29, 0.717) is 0 Å². The molecule has 0 N–H and O–H groups in total. The Kier molecular flexibility index (Phi) is 9.20. The number of para-hydroxylation sites is 1. The van der Waals surface area contributed by atoms with Crippen molar-refractivity contribution in [2.24, 2.45) is 0 Å². The summed E-state index contributed by atoms with van der Waals surface area (Å²) in [6, 6.07) is 89.6. The highest BCUT2D eigenvalue weighted by atomic mass is 16.3. The van der Waals surface area contributed by atoms with Crippen molar-refractivity contribution in [3.63, 3.8) is 0 Å². The summed E-state index contributed by atoms with van der Waals surface area (Å²) in [6.07, 6.45) is 0. The van der Waals surface area contributed by atoms with E-state index in [1.165, 1.54) is 55.1 Å². The fourth-order valence-electron chi connectivity index (χ4n) is 9.54. The fraction of sp³-hybridized carbons (Fsp3) is 0. The minimum absolute atomic E-state index is 0.878. The lowest BCUT2D eigenvalue weighted by atomic mass is 9.95. The summed E-state index contributed by atoms with van der Waals surface area (Å²) in [7, 11) is 0. The summed E-state index contributed by atoms with van der Waals surface area (Å²) in [4.78, 5) is 2.39. The SMILES string of the molecule is c1ccc(-c2ccc(-c3ccc(N(c4ccc(-c5cccc(-c6cccc7ccccc67)c5)cc4)c4ccccc4-c4cccc5oc6c7ccccc7ccc6c45)cc3)cc2)cc1. The van der Waals surface area contributed by atoms with Crippen molar-refractivity contribution in [3.8, 4) is 55.6 Å². The molecule has 0 saturated heterocycles. The Morgan fingerprint density at radius 1 is 0.281 bits per heavy atom. The van der Waals surface area contributed by atoms with Crippen LogP contribution in [-0.4, -0.2) is 0 Å². The molecule has 0 fully saturated rings. The van der Waals surface area contributed by atoms with Gasteiger partial charge >= 0.3 is 0 Å². The summed E-state index contributed by atoms with van der Waals surface area (Å²) in [6.45, 7) is 0. The van der Waals surface area contributed by atoms with Crippen LogP contribution in [0.4, 0.5) is 17.1 Å². The van der Waals surface area contributed by atoms with Crippen LogP contribution in [0.15, 0.2) is 253 Å². The number of nitrogens with zero attached hydrogens (tertiary/aromatic N) is 1. The van der Waals surface area contributed by atoms with Crippen molar-refractivity contribution in [1.82, 2.24) is 0 Å². The van der Waals surface area contributed by atoms with E-state index in [9.17, 15) is 0 Å². The van der Waals surface area contributed by atoms with Gasteiger partial charge in [0.25, 0.3) is 0 Å². The van der Waals surface area contributed by atoms with Gasteiger partial charge in [-0.1, -0.05) is 200 Å². The first-order valence-corrected chi connectivity index (χ1v) is 21.9. The molecule has 11 aromatic carbocycles. The minimum atomic E-state index is 0.878. The molecule has 12 rings (SSSR count). The van der Waals surface area contributed by atoms with Crippen LogP contribution in [0.25, 0.3) is 99.1 Å². The number of rotatable bonds is 8. The second kappa shape index (κ2) is 15.8. The van der Waals surface area contributed by atoms with E-state index < -0.39 is 0 Å². The first kappa shape index (κ1) is 37.3. The van der Waals surface area contributed by atoms with Gasteiger partial charge in [-0.25, -0.2) is 0 Å². The van der Waals surface area contributed by atoms with E-state index in [1.807, 2.05) is 0 Å². The zero-order valence-corrected chi connectivity index (χ0v) is 35.0. The van der Waals surface area contributed by atoms with E-state index in [4.69, 9.17) is 4.42 Å². The van der Waals surface area contributed by atoms with E-state index >= 15 is 0 Å². The summed E-state index contributed by atoms with van der Waals surface area (Å²) >= 11 is 0. The van der Waals surface area contributed by atoms with E-state index in [-0.39, 0.29) is 0 Å². The maximum absolute atomic E-state index is 6.68. The fourth-order valence-corrected chi connectivity index (χ4v) is 9.54. The van der Waals surface area contributed by atoms with Crippen molar-refractivity contribution in [2.45, 2.75) is 0 Å². The molecule has 0 radical (unpaired) electrons. The summed E-state index contributed by atoms with van der Waals surface area (Å²) in [5, 5.41) is 7.02. The molecule has 2 heteroatoms. The zero-order chi connectivity index (χ0) is 42.4. The number of hydrogen-bond donors (Lipinski definition) is 0. The highest BCUT2D eigenvalue weighted by molar-refractivity contribution is 6.19. The lowest BCUT2D eigenvalue weighted by Crippen LogP contribution is -2.11. The Bertz CT molecular complexity index is 3630. The average Bonchev–Trinajstić information content (AvgIpc) is 3.77. The van der Waals surface area contributed by atoms with Crippen LogP contribution >= 0.6 is 0 Å². The van der Waals surface area contributed by atoms with Crippen LogP contribution in [0.1, 0.15) is 0 Å². The number of furan rings is 1. The second-order valence-electron chi connectivity index (χ2n) is 16.4. The van der Waals surface area contributed by atoms with Crippen LogP contribution in [0.5, 0.6) is 0 Å². The van der Waals surface area contributed by atoms with Gasteiger partial charge in [0, 0.05) is 33.1 Å². The largest absolute Gasteiger partial charge is 0.455 e. The number of anilines is 3. The quantitative estimate of drug-likeness (QED) is 0.152. The van der Waals surface area contributed by atoms with Gasteiger partial charge in [-0.3, -0.25) is 0 Å². The van der Waals surface area contributed by atoms with Crippen LogP contribution in [0.3, 0.4) is 0 Å². The second-order valence-corrected chi connectivity index (χ2v) is 16.4. The van der Waals surface area contributed by atoms with Gasteiger partial charge in [-0.2, -0.15) is 0 Å². The van der Waals surface area contributed by atoms with Crippen LogP contribution < -0.4 is 4.90 Å². The molecule has 1 aromatic heterocycles. The Hall–Kier alpha value is -8.46. The molecule has 2 nitrogen and oxygen atoms in total. The third kappa shape index (κ3) is 6.61. The number of benzene rings is 11. The first-order valence-electron chi connectivity index (χ1n) is 21.9. The Morgan fingerprint density at radius 3 is 1.50 bits per heavy atom. The minimum Gasteiger partial charge on any atom is -0.455 e. The molecular formula is C62H41NO. The molecule has 0 saturated carbocycles. The lowest BCUT2D eigenvalue weighted by molar-refractivity contribution is 0.673. The van der Waals surface area contributed by atoms with Gasteiger partial charge in [-0.05, 0) is 115 Å². The molecule has 0 bridgehead atoms. The molecule has 0 aliphatic heterocycles. The van der Waals surface area contributed by atoms with Crippen LogP contribution in [-0.2, 0) is 0 Å². The van der Waals surface area contributed by atoms with Crippen molar-refractivity contribution in [2.75, 3.05) is 4.90 Å². The zero-order valence-electron chi connectivity index (χ0n) is 35.0. The molecule has 0 unspecified atom stereocenters. The molecule has 300 valence electrons. The van der Waals surface area contributed by atoms with Gasteiger partial charge in [-0.15, -0.1) is 0 Å². The predicted octanol–water partition coefficient (Wildman–Crippen LogP) is 17.7. The summed E-state index contributed by atoms with van der Waals surface area (Å²) in [5.74, 6) is 0. The molecule has 0 amide bonds. The standard InChI is InChI=1S/C62H41NO/c1-2-13-42(14-3-1)43-27-29-44(30-28-43)45-31-36-51(37-32-45)63(52-38-33-46(34-39-52)49-18-10-19-50(41-49)54-23-11-17-47-15-4-6-20-53(47)54)59-25-9-8-22-56(59)57-24-12-26-60-61(57)58-40-35-48-16-5-7-21-55(48)62(58)64-60/h1-41H. The van der Waals surface area contributed by atoms with Crippen molar-refractivity contribution in [3.05, 3.63) is 249 Å². The normalized spacial score (nSPS) is 11.4. The molecule has 0 aliphatic rings. The average molecular weight is 816 g/mol. The van der Waals surface area contributed by atoms with Gasteiger partial charge < -0.3 is 9.32 Å². The van der Waals surface area contributed by atoms with Crippen molar-refractivity contribution >= 4 is 60.5 Å². The lowest BCUT2D eigenvalue weighted by Gasteiger charge is -2.28. The molecule has 64 heavy (non-hydrogen) atoms. The number of fused-ring (bicyclic) bond motifs is 6. The van der Waals surface area contributed by atoms with Gasteiger partial charge in [0.15, 0.2) is 0 Å². The Morgan fingerprint density at radius 2 is 0.766 bits per heavy atom. The molecule has 0 atom stereocenters. The monoisotopic (exact) mass is 815 g/mol. The Balaban J connectivity index is 0.972. The summed E-state index contributed by atoms with van der Waals surface area (Å²) < 4.78 is 6.68. The Labute approximate surface area is 372 Å². The van der Waals surface area contributed by atoms with Gasteiger partial charge in [0.1, 0.15) is 11.2 Å². The van der Waals surface area contributed by atoms with Gasteiger partial charge in [0.05, 0.1) is 5.69 Å². The van der Waals surface area contributed by atoms with E-state index in [0.717, 1.165) is 61.1 Å². The molecule has 1 heterocycles. The van der Waals surface area contributed by atoms with Gasteiger partial charge in [0.2, 0.25) is 0 Å². The topological polar surface area (TPSA) is 16.4 Å². The molecule has 0 aliphatic carbocycles. The van der Waals surface area contributed by atoms with E-state index in [2.05, 4.69) is 254 Å². The third-order valence-corrected chi connectivity index (χ3v) is 12.7. The molecule has 12 aromatic rings. The first-order chi connectivity index (χ1) is 31.7. The van der Waals surface area contributed by atoms with Crippen molar-refractivity contribution < 1.29 is 4.42 Å². The number of hydrogen-bond acceptors (Lipinski definition) is 2. The highest BCUT2D eigenvalue weighted by Crippen LogP contribution is 2.46. The van der Waals surface area contributed by atoms with Crippen LogP contribution in [0.2, 0.25) is 0 Å². The third-order valence-electron chi connectivity index (χ3n) is 12.7. The molecule has 0 spiro atoms. The smallest absolute Gasteiger partial charge is 0.143 e. The summed E-state index contributed by atoms with van der Waals surface area (Å²) in [5.41, 5.74) is 16.8. The predicted molar refractivity (Wildman–Crippen MR) is 271 cm³/mol. The highest BCUT2D eigenvalue weighted by Gasteiger charge is 2.21. The van der Waals surface area contributed by atoms with Crippen LogP contribution in [0, 0.1) is 0 Å². The maximum atomic E-state index is 6.68. The maximum Gasteiger partial charge on any atom is 0.143 e. The van der Waals surface area contributed by atoms with E-state index in [1.54, 1.807) is 0 Å².